The van der Waals surface area contributed by atoms with Gasteiger partial charge in [-0.2, -0.15) is 0 Å². The number of piperidine rings is 1. The van der Waals surface area contributed by atoms with Crippen LogP contribution in [0.5, 0.6) is 0 Å². The normalized spacial score (nSPS) is 16.8. The molecule has 8 nitrogen and oxygen atoms in total. The molecule has 0 saturated carbocycles. The first-order valence-corrected chi connectivity index (χ1v) is 13.1. The largest absolute Gasteiger partial charge is 0.345 e. The Labute approximate surface area is 226 Å². The van der Waals surface area contributed by atoms with Crippen LogP contribution >= 0.6 is 0 Å². The molecular formula is C29H33F2N5O3. The van der Waals surface area contributed by atoms with Crippen molar-refractivity contribution in [1.82, 2.24) is 25.5 Å². The molecule has 0 radical (unpaired) electrons. The first-order chi connectivity index (χ1) is 18.7. The number of hydrogen-bond acceptors (Lipinski definition) is 4. The molecule has 3 N–H and O–H groups in total. The Balaban J connectivity index is 1.46. The number of nitrogens with one attached hydrogen (secondary N) is 3. The third-order valence-electron chi connectivity index (χ3n) is 6.95. The average Bonchev–Trinajstić information content (AvgIpc) is 3.39. The fourth-order valence-electron chi connectivity index (χ4n) is 4.78. The molecule has 10 heteroatoms. The van der Waals surface area contributed by atoms with Crippen LogP contribution < -0.4 is 10.6 Å². The number of H-pyrrole nitrogens is 1. The fourth-order valence-corrected chi connectivity index (χ4v) is 4.78. The molecule has 3 amide bonds. The Morgan fingerprint density at radius 2 is 1.87 bits per heavy atom. The monoisotopic (exact) mass is 537 g/mol. The van der Waals surface area contributed by atoms with Crippen LogP contribution in [0.25, 0.3) is 11.3 Å². The Morgan fingerprint density at radius 1 is 1.10 bits per heavy atom. The molecular weight excluding hydrogens is 504 g/mol. The third kappa shape index (κ3) is 7.28. The van der Waals surface area contributed by atoms with E-state index in [1.54, 1.807) is 11.8 Å². The second kappa shape index (κ2) is 12.6. The highest BCUT2D eigenvalue weighted by Gasteiger charge is 2.30. The highest BCUT2D eigenvalue weighted by molar-refractivity contribution is 5.92. The Bertz CT molecular complexity index is 1310. The summed E-state index contributed by atoms with van der Waals surface area (Å²) in [7, 11) is 0. The van der Waals surface area contributed by atoms with E-state index in [4.69, 9.17) is 0 Å². The number of likely N-dealkylation sites (tertiary alicyclic amines) is 1. The number of nitrogens with zero attached hydrogens (tertiary/aromatic N) is 2. The Hall–Kier alpha value is -4.08. The van der Waals surface area contributed by atoms with Crippen LogP contribution in [-0.2, 0) is 20.8 Å². The second-order valence-electron chi connectivity index (χ2n) is 9.96. The zero-order valence-electron chi connectivity index (χ0n) is 22.0. The van der Waals surface area contributed by atoms with Crippen LogP contribution in [0, 0.1) is 11.6 Å². The highest BCUT2D eigenvalue weighted by atomic mass is 19.1. The zero-order chi connectivity index (χ0) is 27.9. The molecule has 1 saturated heterocycles. The second-order valence-corrected chi connectivity index (χ2v) is 9.96. The van der Waals surface area contributed by atoms with Gasteiger partial charge in [0, 0.05) is 24.2 Å². The predicted molar refractivity (Wildman–Crippen MR) is 142 cm³/mol. The topological polar surface area (TPSA) is 107 Å². The van der Waals surface area contributed by atoms with E-state index in [-0.39, 0.29) is 36.3 Å². The summed E-state index contributed by atoms with van der Waals surface area (Å²) in [4.78, 5) is 48.3. The van der Waals surface area contributed by atoms with Crippen molar-refractivity contribution in [3.63, 3.8) is 0 Å². The van der Waals surface area contributed by atoms with Gasteiger partial charge in [0.25, 0.3) is 0 Å². The van der Waals surface area contributed by atoms with Gasteiger partial charge < -0.3 is 20.5 Å². The maximum Gasteiger partial charge on any atom is 0.243 e. The first-order valence-electron chi connectivity index (χ1n) is 13.1. The molecule has 0 spiro atoms. The van der Waals surface area contributed by atoms with Crippen molar-refractivity contribution < 1.29 is 23.2 Å². The van der Waals surface area contributed by atoms with E-state index in [1.165, 1.54) is 12.3 Å². The summed E-state index contributed by atoms with van der Waals surface area (Å²) in [5, 5.41) is 5.54. The number of benzene rings is 2. The summed E-state index contributed by atoms with van der Waals surface area (Å²) in [6, 6.07) is 10.7. The first kappa shape index (κ1) is 27.9. The predicted octanol–water partition coefficient (Wildman–Crippen LogP) is 4.05. The van der Waals surface area contributed by atoms with E-state index < -0.39 is 29.6 Å². The van der Waals surface area contributed by atoms with E-state index in [0.29, 0.717) is 18.1 Å². The number of carbonyl (C=O) groups is 3. The van der Waals surface area contributed by atoms with E-state index in [9.17, 15) is 23.2 Å². The molecule has 2 heterocycles. The van der Waals surface area contributed by atoms with Crippen molar-refractivity contribution in [3.8, 4) is 11.3 Å². The summed E-state index contributed by atoms with van der Waals surface area (Å²) in [6.45, 7) is 4.29. The lowest BCUT2D eigenvalue weighted by Gasteiger charge is -2.34. The minimum absolute atomic E-state index is 0.0687. The summed E-state index contributed by atoms with van der Waals surface area (Å²) < 4.78 is 27.5. The highest BCUT2D eigenvalue weighted by Crippen LogP contribution is 2.23. The standard InChI is InChI=1S/C29H33F2N5O3/c1-18-8-6-7-13-36(18)27(38)16-24(34-26(37)14-20-9-4-3-5-10-20)29(39)33-19(2)28-32-17-25(35-28)22-12-11-21(30)15-23(22)31/h3-5,9-12,15,17-19,24H,6-8,13-14,16H2,1-2H3,(H,32,35)(H,33,39)(H,34,37)/t18-,19?,24?/m0/s1. The molecule has 1 fully saturated rings. The van der Waals surface area contributed by atoms with Crippen LogP contribution in [0.4, 0.5) is 8.78 Å². The molecule has 2 aromatic carbocycles. The zero-order valence-corrected chi connectivity index (χ0v) is 22.0. The van der Waals surface area contributed by atoms with Crippen molar-refractivity contribution in [2.75, 3.05) is 6.54 Å². The van der Waals surface area contributed by atoms with Gasteiger partial charge in [0.15, 0.2) is 0 Å². The van der Waals surface area contributed by atoms with Gasteiger partial charge in [0.2, 0.25) is 17.7 Å². The maximum atomic E-state index is 14.2. The summed E-state index contributed by atoms with van der Waals surface area (Å²) in [6.07, 6.45) is 4.14. The van der Waals surface area contributed by atoms with Crippen LogP contribution in [0.2, 0.25) is 0 Å². The van der Waals surface area contributed by atoms with Crippen LogP contribution in [0.3, 0.4) is 0 Å². The molecule has 0 bridgehead atoms. The van der Waals surface area contributed by atoms with Crippen molar-refractivity contribution >= 4 is 17.7 Å². The van der Waals surface area contributed by atoms with Gasteiger partial charge in [-0.25, -0.2) is 13.8 Å². The number of rotatable bonds is 9. The van der Waals surface area contributed by atoms with Gasteiger partial charge >= 0.3 is 0 Å². The molecule has 2 unspecified atom stereocenters. The van der Waals surface area contributed by atoms with Crippen molar-refractivity contribution in [2.24, 2.45) is 0 Å². The van der Waals surface area contributed by atoms with E-state index in [0.717, 1.165) is 37.0 Å². The molecule has 4 rings (SSSR count). The van der Waals surface area contributed by atoms with Crippen molar-refractivity contribution in [3.05, 3.63) is 77.8 Å². The van der Waals surface area contributed by atoms with E-state index >= 15 is 0 Å². The smallest absolute Gasteiger partial charge is 0.243 e. The average molecular weight is 538 g/mol. The van der Waals surface area contributed by atoms with Crippen LogP contribution in [0.15, 0.2) is 54.7 Å². The Kier molecular flexibility index (Phi) is 9.06. The fraction of sp³-hybridized carbons (Fsp3) is 0.379. The minimum Gasteiger partial charge on any atom is -0.345 e. The molecule has 1 aliphatic rings. The summed E-state index contributed by atoms with van der Waals surface area (Å²) in [5.41, 5.74) is 1.25. The third-order valence-corrected chi connectivity index (χ3v) is 6.95. The van der Waals surface area contributed by atoms with Crippen LogP contribution in [0.1, 0.15) is 57.0 Å². The van der Waals surface area contributed by atoms with Gasteiger partial charge in [-0.3, -0.25) is 14.4 Å². The number of aromatic amines is 1. The molecule has 0 aliphatic carbocycles. The van der Waals surface area contributed by atoms with Gasteiger partial charge in [0.1, 0.15) is 23.5 Å². The number of amides is 3. The number of aromatic nitrogens is 2. The lowest BCUT2D eigenvalue weighted by atomic mass is 10.0. The minimum atomic E-state index is -1.09. The van der Waals surface area contributed by atoms with E-state index in [2.05, 4.69) is 20.6 Å². The molecule has 1 aromatic heterocycles. The Morgan fingerprint density at radius 3 is 2.59 bits per heavy atom. The molecule has 1 aliphatic heterocycles. The number of hydrogen-bond donors (Lipinski definition) is 3. The number of imidazole rings is 1. The lowest BCUT2D eigenvalue weighted by molar-refractivity contribution is -0.138. The lowest BCUT2D eigenvalue weighted by Crippen LogP contribution is -2.52. The van der Waals surface area contributed by atoms with Crippen molar-refractivity contribution in [1.29, 1.82) is 0 Å². The van der Waals surface area contributed by atoms with Gasteiger partial charge in [-0.1, -0.05) is 30.3 Å². The summed E-state index contributed by atoms with van der Waals surface area (Å²) >= 11 is 0. The van der Waals surface area contributed by atoms with Gasteiger partial charge in [-0.15, -0.1) is 0 Å². The molecule has 206 valence electrons. The summed E-state index contributed by atoms with van der Waals surface area (Å²) in [5.74, 6) is -2.19. The maximum absolute atomic E-state index is 14.2. The van der Waals surface area contributed by atoms with Gasteiger partial charge in [-0.05, 0) is 50.8 Å². The molecule has 3 aromatic rings. The van der Waals surface area contributed by atoms with Crippen LogP contribution in [-0.4, -0.2) is 51.2 Å². The number of halogens is 2. The number of carbonyl (C=O) groups excluding carboxylic acids is 3. The van der Waals surface area contributed by atoms with Gasteiger partial charge in [0.05, 0.1) is 30.8 Å². The molecule has 3 atom stereocenters. The SMILES string of the molecule is CC(NC(=O)C(CC(=O)N1CCCC[C@@H]1C)NC(=O)Cc1ccccc1)c1ncc(-c2ccc(F)cc2F)[nH]1. The molecule has 39 heavy (non-hydrogen) atoms. The quantitative estimate of drug-likeness (QED) is 0.383. The van der Waals surface area contributed by atoms with E-state index in [1.807, 2.05) is 37.3 Å². The van der Waals surface area contributed by atoms with Crippen molar-refractivity contribution in [2.45, 2.75) is 64.1 Å².